The lowest BCUT2D eigenvalue weighted by Crippen LogP contribution is -2.48. The minimum Gasteiger partial charge on any atom is -0.394 e. The van der Waals surface area contributed by atoms with Gasteiger partial charge in [0, 0.05) is 13.1 Å². The first kappa shape index (κ1) is 12.3. The highest BCUT2D eigenvalue weighted by Gasteiger charge is 2.23. The van der Waals surface area contributed by atoms with E-state index in [4.69, 9.17) is 9.84 Å². The fourth-order valence-electron chi connectivity index (χ4n) is 1.86. The molecule has 0 saturated carbocycles. The molecular weight excluding hydrogens is 198 g/mol. The molecule has 1 heterocycles. The third kappa shape index (κ3) is 4.17. The predicted octanol–water partition coefficient (Wildman–Crippen LogP) is 0.821. The van der Waals surface area contributed by atoms with Crippen molar-refractivity contribution in [3.05, 3.63) is 0 Å². The summed E-state index contributed by atoms with van der Waals surface area (Å²) in [5.74, 6) is 1.22. The monoisotopic (exact) mass is 219 g/mol. The molecule has 0 aromatic rings. The van der Waals surface area contributed by atoms with Gasteiger partial charge in [0.25, 0.3) is 0 Å². The molecule has 1 aliphatic heterocycles. The van der Waals surface area contributed by atoms with Crippen LogP contribution in [-0.4, -0.2) is 60.5 Å². The molecule has 84 valence electrons. The van der Waals surface area contributed by atoms with Crippen molar-refractivity contribution in [1.82, 2.24) is 4.90 Å². The Morgan fingerprint density at radius 2 is 2.29 bits per heavy atom. The van der Waals surface area contributed by atoms with Gasteiger partial charge in [-0.3, -0.25) is 4.90 Å². The average Bonchev–Trinajstić information content (AvgIpc) is 2.17. The summed E-state index contributed by atoms with van der Waals surface area (Å²) < 4.78 is 5.58. The normalized spacial score (nSPS) is 29.4. The molecule has 14 heavy (non-hydrogen) atoms. The van der Waals surface area contributed by atoms with E-state index < -0.39 is 0 Å². The zero-order valence-electron chi connectivity index (χ0n) is 9.11. The van der Waals surface area contributed by atoms with Crippen LogP contribution in [0.4, 0.5) is 0 Å². The standard InChI is InChI=1S/C10H21NO2S/c1-9-6-11(4-3-5-14-2)7-10(8-12)13-9/h9-10,12H,3-8H2,1-2H3. The third-order valence-corrected chi connectivity index (χ3v) is 3.13. The van der Waals surface area contributed by atoms with Crippen molar-refractivity contribution in [2.75, 3.05) is 38.2 Å². The first-order chi connectivity index (χ1) is 6.76. The number of ether oxygens (including phenoxy) is 1. The Kier molecular flexibility index (Phi) is 5.86. The molecular formula is C10H21NO2S. The SMILES string of the molecule is CSCCCN1CC(C)OC(CO)C1. The summed E-state index contributed by atoms with van der Waals surface area (Å²) in [6.45, 7) is 5.23. The molecule has 2 atom stereocenters. The topological polar surface area (TPSA) is 32.7 Å². The molecule has 4 heteroatoms. The van der Waals surface area contributed by atoms with Crippen LogP contribution >= 0.6 is 11.8 Å². The fraction of sp³-hybridized carbons (Fsp3) is 1.00. The minimum atomic E-state index is 0.0213. The molecule has 1 fully saturated rings. The summed E-state index contributed by atoms with van der Waals surface area (Å²) in [5, 5.41) is 9.04. The Hall–Kier alpha value is 0.230. The van der Waals surface area contributed by atoms with E-state index in [9.17, 15) is 0 Å². The van der Waals surface area contributed by atoms with E-state index in [1.807, 2.05) is 11.8 Å². The first-order valence-electron chi connectivity index (χ1n) is 5.24. The number of morpholine rings is 1. The lowest BCUT2D eigenvalue weighted by atomic mass is 10.2. The molecule has 1 rings (SSSR count). The van der Waals surface area contributed by atoms with Gasteiger partial charge >= 0.3 is 0 Å². The number of rotatable bonds is 5. The average molecular weight is 219 g/mol. The van der Waals surface area contributed by atoms with Crippen molar-refractivity contribution in [1.29, 1.82) is 0 Å². The van der Waals surface area contributed by atoms with E-state index in [-0.39, 0.29) is 18.8 Å². The fourth-order valence-corrected chi connectivity index (χ4v) is 2.27. The lowest BCUT2D eigenvalue weighted by molar-refractivity contribution is -0.0948. The largest absolute Gasteiger partial charge is 0.394 e. The highest BCUT2D eigenvalue weighted by molar-refractivity contribution is 7.98. The van der Waals surface area contributed by atoms with E-state index in [1.54, 1.807) is 0 Å². The molecule has 0 aliphatic carbocycles. The van der Waals surface area contributed by atoms with Gasteiger partial charge < -0.3 is 9.84 Å². The second-order valence-electron chi connectivity index (χ2n) is 3.86. The molecule has 1 aliphatic rings. The zero-order valence-corrected chi connectivity index (χ0v) is 9.92. The van der Waals surface area contributed by atoms with Gasteiger partial charge in [-0.1, -0.05) is 0 Å². The van der Waals surface area contributed by atoms with Gasteiger partial charge in [0.2, 0.25) is 0 Å². The second-order valence-corrected chi connectivity index (χ2v) is 4.84. The number of hydrogen-bond acceptors (Lipinski definition) is 4. The zero-order chi connectivity index (χ0) is 10.4. The van der Waals surface area contributed by atoms with Crippen LogP contribution < -0.4 is 0 Å². The number of aliphatic hydroxyl groups excluding tert-OH is 1. The van der Waals surface area contributed by atoms with Gasteiger partial charge in [0.05, 0.1) is 18.8 Å². The molecule has 0 spiro atoms. The Balaban J connectivity index is 2.23. The number of thioether (sulfide) groups is 1. The molecule has 1 N–H and O–H groups in total. The molecule has 0 amide bonds. The van der Waals surface area contributed by atoms with Crippen molar-refractivity contribution in [2.24, 2.45) is 0 Å². The van der Waals surface area contributed by atoms with E-state index in [1.165, 1.54) is 12.2 Å². The van der Waals surface area contributed by atoms with Gasteiger partial charge in [-0.2, -0.15) is 11.8 Å². The van der Waals surface area contributed by atoms with E-state index in [0.717, 1.165) is 19.6 Å². The Labute approximate surface area is 90.8 Å². The van der Waals surface area contributed by atoms with Gasteiger partial charge in [-0.05, 0) is 31.9 Å². The van der Waals surface area contributed by atoms with Crippen LogP contribution in [0.25, 0.3) is 0 Å². The van der Waals surface area contributed by atoms with Crippen LogP contribution in [0.15, 0.2) is 0 Å². The quantitative estimate of drug-likeness (QED) is 0.694. The molecule has 1 saturated heterocycles. The Morgan fingerprint density at radius 1 is 1.50 bits per heavy atom. The Morgan fingerprint density at radius 3 is 2.93 bits per heavy atom. The third-order valence-electron chi connectivity index (χ3n) is 2.43. The van der Waals surface area contributed by atoms with Crippen LogP contribution in [0.2, 0.25) is 0 Å². The maximum absolute atomic E-state index is 9.04. The summed E-state index contributed by atoms with van der Waals surface area (Å²) in [4.78, 5) is 2.39. The maximum atomic E-state index is 9.04. The van der Waals surface area contributed by atoms with Crippen molar-refractivity contribution in [3.8, 4) is 0 Å². The van der Waals surface area contributed by atoms with E-state index in [0.29, 0.717) is 0 Å². The van der Waals surface area contributed by atoms with Gasteiger partial charge in [0.1, 0.15) is 0 Å². The molecule has 2 unspecified atom stereocenters. The van der Waals surface area contributed by atoms with Gasteiger partial charge in [0.15, 0.2) is 0 Å². The van der Waals surface area contributed by atoms with Crippen molar-refractivity contribution >= 4 is 11.8 Å². The number of hydrogen-bond donors (Lipinski definition) is 1. The molecule has 0 bridgehead atoms. The molecule has 0 radical (unpaired) electrons. The lowest BCUT2D eigenvalue weighted by Gasteiger charge is -2.36. The summed E-state index contributed by atoms with van der Waals surface area (Å²) in [7, 11) is 0. The van der Waals surface area contributed by atoms with Crippen molar-refractivity contribution in [3.63, 3.8) is 0 Å². The van der Waals surface area contributed by atoms with E-state index >= 15 is 0 Å². The van der Waals surface area contributed by atoms with Crippen LogP contribution in [-0.2, 0) is 4.74 Å². The minimum absolute atomic E-state index is 0.0213. The molecule has 0 aromatic heterocycles. The second kappa shape index (κ2) is 6.67. The summed E-state index contributed by atoms with van der Waals surface area (Å²) in [5.41, 5.74) is 0. The molecule has 0 aromatic carbocycles. The van der Waals surface area contributed by atoms with Crippen LogP contribution in [0.1, 0.15) is 13.3 Å². The summed E-state index contributed by atoms with van der Waals surface area (Å²) >= 11 is 1.89. The van der Waals surface area contributed by atoms with Gasteiger partial charge in [-0.25, -0.2) is 0 Å². The van der Waals surface area contributed by atoms with E-state index in [2.05, 4.69) is 18.1 Å². The van der Waals surface area contributed by atoms with Crippen molar-refractivity contribution in [2.45, 2.75) is 25.6 Å². The molecule has 3 nitrogen and oxygen atoms in total. The maximum Gasteiger partial charge on any atom is 0.0936 e. The van der Waals surface area contributed by atoms with Crippen LogP contribution in [0, 0.1) is 0 Å². The number of nitrogens with zero attached hydrogens (tertiary/aromatic N) is 1. The summed E-state index contributed by atoms with van der Waals surface area (Å²) in [6, 6.07) is 0. The predicted molar refractivity (Wildman–Crippen MR) is 60.9 cm³/mol. The van der Waals surface area contributed by atoms with Crippen LogP contribution in [0.5, 0.6) is 0 Å². The summed E-state index contributed by atoms with van der Waals surface area (Å²) in [6.07, 6.45) is 3.65. The highest BCUT2D eigenvalue weighted by atomic mass is 32.2. The number of aliphatic hydroxyl groups is 1. The smallest absolute Gasteiger partial charge is 0.0936 e. The first-order valence-corrected chi connectivity index (χ1v) is 6.63. The van der Waals surface area contributed by atoms with Gasteiger partial charge in [-0.15, -0.1) is 0 Å². The van der Waals surface area contributed by atoms with Crippen molar-refractivity contribution < 1.29 is 9.84 Å². The highest BCUT2D eigenvalue weighted by Crippen LogP contribution is 2.11. The van der Waals surface area contributed by atoms with Crippen LogP contribution in [0.3, 0.4) is 0 Å². The Bertz CT molecular complexity index is 157.